The second-order valence-corrected chi connectivity index (χ2v) is 7.86. The van der Waals surface area contributed by atoms with Crippen LogP contribution in [-0.2, 0) is 17.7 Å². The minimum absolute atomic E-state index is 0.185. The molecule has 2 saturated carbocycles. The molecule has 1 atom stereocenters. The summed E-state index contributed by atoms with van der Waals surface area (Å²) in [6.45, 7) is 0.999. The average Bonchev–Trinajstić information content (AvgIpc) is 3.26. The third kappa shape index (κ3) is 3.61. The first kappa shape index (κ1) is 17.5. The number of anilines is 1. The Kier molecular flexibility index (Phi) is 5.20. The molecule has 2 heterocycles. The Morgan fingerprint density at radius 3 is 2.69 bits per heavy atom. The summed E-state index contributed by atoms with van der Waals surface area (Å²) < 4.78 is 7.83. The third-order valence-electron chi connectivity index (χ3n) is 6.19. The van der Waals surface area contributed by atoms with Gasteiger partial charge in [-0.3, -0.25) is 4.68 Å². The molecular weight excluding hydrogens is 326 g/mol. The lowest BCUT2D eigenvalue weighted by Crippen LogP contribution is -2.31. The summed E-state index contributed by atoms with van der Waals surface area (Å²) in [6, 6.07) is 0. The predicted octanol–water partition coefficient (Wildman–Crippen LogP) is 3.47. The van der Waals surface area contributed by atoms with Crippen molar-refractivity contribution in [3.63, 3.8) is 0 Å². The summed E-state index contributed by atoms with van der Waals surface area (Å²) in [4.78, 5) is 8.78. The number of hydrogen-bond donors (Lipinski definition) is 1. The van der Waals surface area contributed by atoms with E-state index >= 15 is 0 Å². The first-order valence-corrected chi connectivity index (χ1v) is 9.89. The maximum absolute atomic E-state index is 6.23. The van der Waals surface area contributed by atoms with Gasteiger partial charge in [0, 0.05) is 37.4 Å². The molecule has 0 saturated heterocycles. The molecule has 26 heavy (non-hydrogen) atoms. The second-order valence-electron chi connectivity index (χ2n) is 7.86. The van der Waals surface area contributed by atoms with Gasteiger partial charge in [0.2, 0.25) is 0 Å². The molecule has 0 amide bonds. The molecule has 4 rings (SSSR count). The van der Waals surface area contributed by atoms with Crippen LogP contribution in [-0.4, -0.2) is 33.0 Å². The van der Waals surface area contributed by atoms with Crippen LogP contribution in [0.3, 0.4) is 0 Å². The van der Waals surface area contributed by atoms with Crippen molar-refractivity contribution in [3.8, 4) is 11.3 Å². The zero-order chi connectivity index (χ0) is 17.9. The molecule has 0 aromatic carbocycles. The van der Waals surface area contributed by atoms with Gasteiger partial charge in [0.25, 0.3) is 0 Å². The van der Waals surface area contributed by atoms with Gasteiger partial charge >= 0.3 is 0 Å². The Balaban J connectivity index is 1.56. The molecule has 6 nitrogen and oxygen atoms in total. The number of nitrogen functional groups attached to an aromatic ring is 1. The van der Waals surface area contributed by atoms with Gasteiger partial charge in [-0.15, -0.1) is 0 Å². The first-order valence-electron chi connectivity index (χ1n) is 9.89. The molecule has 2 aromatic heterocycles. The van der Waals surface area contributed by atoms with Gasteiger partial charge in [-0.2, -0.15) is 5.10 Å². The summed E-state index contributed by atoms with van der Waals surface area (Å²) in [5.41, 5.74) is 9.14. The Hall–Kier alpha value is -1.95. The normalized spacial score (nSPS) is 19.6. The number of nitrogens with zero attached hydrogens (tertiary/aromatic N) is 4. The minimum Gasteiger partial charge on any atom is -0.383 e. The number of nitrogens with two attached hydrogens (primary N) is 1. The molecule has 0 aliphatic heterocycles. The van der Waals surface area contributed by atoms with Crippen molar-refractivity contribution in [1.29, 1.82) is 0 Å². The highest BCUT2D eigenvalue weighted by atomic mass is 16.5. The second kappa shape index (κ2) is 7.74. The van der Waals surface area contributed by atoms with Gasteiger partial charge in [-0.05, 0) is 37.5 Å². The van der Waals surface area contributed by atoms with Crippen LogP contribution in [0.15, 0.2) is 18.7 Å². The predicted molar refractivity (Wildman–Crippen MR) is 101 cm³/mol. The largest absolute Gasteiger partial charge is 0.383 e. The SMILES string of the molecule is COC(Cc1c(N)ncnc1-c1cnn(CC2CCCC2)c1)C1CCC1. The molecular formula is C20H29N5O. The van der Waals surface area contributed by atoms with Crippen LogP contribution < -0.4 is 5.73 Å². The number of rotatable bonds is 7. The molecule has 2 N–H and O–H groups in total. The van der Waals surface area contributed by atoms with Crippen molar-refractivity contribution in [2.75, 3.05) is 12.8 Å². The number of aromatic nitrogens is 4. The van der Waals surface area contributed by atoms with E-state index in [9.17, 15) is 0 Å². The molecule has 6 heteroatoms. The van der Waals surface area contributed by atoms with E-state index in [0.717, 1.165) is 35.7 Å². The smallest absolute Gasteiger partial charge is 0.130 e. The van der Waals surface area contributed by atoms with E-state index < -0.39 is 0 Å². The Bertz CT molecular complexity index is 734. The van der Waals surface area contributed by atoms with Crippen molar-refractivity contribution in [2.24, 2.45) is 11.8 Å². The highest BCUT2D eigenvalue weighted by molar-refractivity contribution is 5.66. The van der Waals surface area contributed by atoms with Crippen LogP contribution in [0.25, 0.3) is 11.3 Å². The molecule has 2 aliphatic carbocycles. The molecule has 2 aromatic rings. The van der Waals surface area contributed by atoms with Gasteiger partial charge in [-0.1, -0.05) is 19.3 Å². The summed E-state index contributed by atoms with van der Waals surface area (Å²) in [5, 5.41) is 4.57. The molecule has 0 spiro atoms. The van der Waals surface area contributed by atoms with Crippen LogP contribution in [0.1, 0.15) is 50.5 Å². The Morgan fingerprint density at radius 1 is 1.19 bits per heavy atom. The lowest BCUT2D eigenvalue weighted by molar-refractivity contribution is 0.0199. The molecule has 2 aliphatic rings. The fraction of sp³-hybridized carbons (Fsp3) is 0.650. The lowest BCUT2D eigenvalue weighted by atomic mass is 9.79. The molecule has 0 bridgehead atoms. The maximum Gasteiger partial charge on any atom is 0.130 e. The van der Waals surface area contributed by atoms with Gasteiger partial charge in [0.15, 0.2) is 0 Å². The average molecular weight is 355 g/mol. The van der Waals surface area contributed by atoms with E-state index in [1.807, 2.05) is 6.20 Å². The zero-order valence-corrected chi connectivity index (χ0v) is 15.6. The molecule has 140 valence electrons. The topological polar surface area (TPSA) is 78.8 Å². The fourth-order valence-electron chi connectivity index (χ4n) is 4.37. The molecule has 0 radical (unpaired) electrons. The minimum atomic E-state index is 0.185. The standard InChI is InChI=1S/C20H29N5O/c1-26-18(15-7-4-8-15)9-17-19(22-13-23-20(17)21)16-10-24-25(12-16)11-14-5-2-3-6-14/h10,12-15,18H,2-9,11H2,1H3,(H2,21,22,23). The van der Waals surface area contributed by atoms with Gasteiger partial charge < -0.3 is 10.5 Å². The van der Waals surface area contributed by atoms with E-state index in [1.165, 1.54) is 44.9 Å². The highest BCUT2D eigenvalue weighted by Gasteiger charge is 2.29. The quantitative estimate of drug-likeness (QED) is 0.823. The number of ether oxygens (including phenoxy) is 1. The van der Waals surface area contributed by atoms with E-state index in [2.05, 4.69) is 25.9 Å². The monoisotopic (exact) mass is 355 g/mol. The summed E-state index contributed by atoms with van der Waals surface area (Å²) >= 11 is 0. The molecule has 1 unspecified atom stereocenters. The Morgan fingerprint density at radius 2 is 2.00 bits per heavy atom. The van der Waals surface area contributed by atoms with Crippen LogP contribution in [0.2, 0.25) is 0 Å². The third-order valence-corrected chi connectivity index (χ3v) is 6.19. The Labute approximate surface area is 155 Å². The number of methoxy groups -OCH3 is 1. The van der Waals surface area contributed by atoms with Crippen LogP contribution >= 0.6 is 0 Å². The summed E-state index contributed by atoms with van der Waals surface area (Å²) in [6.07, 6.45) is 15.6. The molecule has 2 fully saturated rings. The van der Waals surface area contributed by atoms with Crippen molar-refractivity contribution in [2.45, 2.75) is 64.0 Å². The van der Waals surface area contributed by atoms with Gasteiger partial charge in [-0.25, -0.2) is 9.97 Å². The van der Waals surface area contributed by atoms with E-state index in [-0.39, 0.29) is 6.10 Å². The lowest BCUT2D eigenvalue weighted by Gasteiger charge is -2.33. The van der Waals surface area contributed by atoms with E-state index in [1.54, 1.807) is 13.4 Å². The highest BCUT2D eigenvalue weighted by Crippen LogP contribution is 2.35. The van der Waals surface area contributed by atoms with Crippen molar-refractivity contribution < 1.29 is 4.74 Å². The van der Waals surface area contributed by atoms with Crippen LogP contribution in [0.5, 0.6) is 0 Å². The van der Waals surface area contributed by atoms with Gasteiger partial charge in [0.1, 0.15) is 12.1 Å². The first-order chi connectivity index (χ1) is 12.7. The van der Waals surface area contributed by atoms with E-state index in [4.69, 9.17) is 10.5 Å². The van der Waals surface area contributed by atoms with Gasteiger partial charge in [0.05, 0.1) is 18.0 Å². The summed E-state index contributed by atoms with van der Waals surface area (Å²) in [7, 11) is 1.79. The zero-order valence-electron chi connectivity index (χ0n) is 15.6. The van der Waals surface area contributed by atoms with Crippen LogP contribution in [0.4, 0.5) is 5.82 Å². The van der Waals surface area contributed by atoms with Crippen molar-refractivity contribution >= 4 is 5.82 Å². The summed E-state index contributed by atoms with van der Waals surface area (Å²) in [5.74, 6) is 1.94. The van der Waals surface area contributed by atoms with E-state index in [0.29, 0.717) is 11.7 Å². The van der Waals surface area contributed by atoms with Crippen LogP contribution in [0, 0.1) is 11.8 Å². The van der Waals surface area contributed by atoms with Crippen molar-refractivity contribution in [3.05, 3.63) is 24.3 Å². The van der Waals surface area contributed by atoms with Crippen molar-refractivity contribution in [1.82, 2.24) is 19.7 Å². The number of hydrogen-bond acceptors (Lipinski definition) is 5. The maximum atomic E-state index is 6.23. The fourth-order valence-corrected chi connectivity index (χ4v) is 4.37.